The number of hydrogen-bond donors (Lipinski definition) is 7. The summed E-state index contributed by atoms with van der Waals surface area (Å²) in [4.78, 5) is 32.9. The number of nitrogens with two attached hydrogens (primary N) is 2. The largest absolute Gasteiger partial charge is 0.388 e. The zero-order valence-corrected chi connectivity index (χ0v) is 50.0. The number of rotatable bonds is 14. The van der Waals surface area contributed by atoms with Crippen molar-refractivity contribution in [3.8, 4) is 34.2 Å². The highest BCUT2D eigenvalue weighted by molar-refractivity contribution is 5.91. The molecule has 85 heavy (non-hydrogen) atoms. The molecule has 3 aliphatic rings. The van der Waals surface area contributed by atoms with Crippen LogP contribution in [-0.2, 0) is 0 Å². The van der Waals surface area contributed by atoms with Crippen molar-refractivity contribution in [3.05, 3.63) is 109 Å². The van der Waals surface area contributed by atoms with Gasteiger partial charge in [0.05, 0.1) is 34.4 Å². The smallest absolute Gasteiger partial charge is 0.181 e. The zero-order chi connectivity index (χ0) is 60.2. The summed E-state index contributed by atoms with van der Waals surface area (Å²) < 4.78 is 44.0. The first-order chi connectivity index (χ1) is 40.8. The van der Waals surface area contributed by atoms with Crippen molar-refractivity contribution in [2.45, 2.75) is 124 Å². The van der Waals surface area contributed by atoms with Gasteiger partial charge in [-0.05, 0) is 148 Å². The quantitative estimate of drug-likeness (QED) is 0.0534. The third kappa shape index (κ3) is 12.7. The van der Waals surface area contributed by atoms with Crippen molar-refractivity contribution in [2.75, 3.05) is 60.5 Å². The number of nitrogens with zero attached hydrogens (tertiary/aromatic N) is 12. The molecule has 3 aliphatic heterocycles. The van der Waals surface area contributed by atoms with E-state index in [0.717, 1.165) is 98.9 Å². The molecule has 0 amide bonds. The minimum absolute atomic E-state index is 0. The SMILES string of the molecule is CC(C)C(C)(O)C1CN(c2nc(-c3[nH]nc4ncccc34)ccc2F)CCN1.CCC(C)(C)C(N)C1CCCN(c2ccc(F)c(-c3[nH]nc4ncccc34)n2)C1.CCC(N)(CC)C1CCCN(c2ccc(F)c(-c3[nH]nc4ncccc34)n2)C1.[HH].[HH].[HH].[HH].[HH].[HH].[HH].[HH].[HH]. The van der Waals surface area contributed by atoms with Gasteiger partial charge in [0.15, 0.2) is 40.2 Å². The Hall–Kier alpha value is -7.66. The van der Waals surface area contributed by atoms with Crippen LogP contribution in [0.3, 0.4) is 0 Å². The van der Waals surface area contributed by atoms with Gasteiger partial charge in [-0.3, -0.25) is 15.3 Å². The number of pyridine rings is 6. The average Bonchev–Trinajstić information content (AvgIpc) is 1.43. The fourth-order valence-electron chi connectivity index (χ4n) is 12.1. The van der Waals surface area contributed by atoms with E-state index >= 15 is 0 Å². The second-order valence-electron chi connectivity index (χ2n) is 24.2. The van der Waals surface area contributed by atoms with E-state index in [9.17, 15) is 18.3 Å². The van der Waals surface area contributed by atoms with Crippen LogP contribution in [0.5, 0.6) is 0 Å². The molecule has 9 aromatic heterocycles. The number of aliphatic hydroxyl groups is 1. The van der Waals surface area contributed by atoms with Crippen molar-refractivity contribution < 1.29 is 31.1 Å². The molecular formula is C63H99F3N18O. The second kappa shape index (κ2) is 25.5. The molecule has 19 nitrogen and oxygen atoms in total. The van der Waals surface area contributed by atoms with Gasteiger partial charge in [0.2, 0.25) is 0 Å². The van der Waals surface area contributed by atoms with Crippen molar-refractivity contribution in [1.82, 2.24) is 65.8 Å². The molecule has 0 spiro atoms. The number of piperazine rings is 1. The van der Waals surface area contributed by atoms with Gasteiger partial charge in [-0.15, -0.1) is 0 Å². The lowest BCUT2D eigenvalue weighted by atomic mass is 9.73. The summed E-state index contributed by atoms with van der Waals surface area (Å²) in [6.45, 7) is 22.0. The van der Waals surface area contributed by atoms with Crippen LogP contribution in [0.4, 0.5) is 30.6 Å². The Morgan fingerprint density at radius 1 is 0.624 bits per heavy atom. The molecule has 5 atom stereocenters. The summed E-state index contributed by atoms with van der Waals surface area (Å²) in [7, 11) is 0. The molecule has 0 radical (unpaired) electrons. The molecule has 3 saturated heterocycles. The molecule has 9 N–H and O–H groups in total. The molecule has 0 aromatic carbocycles. The Labute approximate surface area is 507 Å². The summed E-state index contributed by atoms with van der Waals surface area (Å²) in [6.07, 6.45) is 12.3. The molecule has 0 bridgehead atoms. The number of H-pyrrole nitrogens is 3. The van der Waals surface area contributed by atoms with Gasteiger partial charge in [-0.1, -0.05) is 48.5 Å². The monoisotopic (exact) mass is 1180 g/mol. The van der Waals surface area contributed by atoms with E-state index in [0.29, 0.717) is 71.2 Å². The van der Waals surface area contributed by atoms with Crippen molar-refractivity contribution >= 4 is 50.6 Å². The summed E-state index contributed by atoms with van der Waals surface area (Å²) in [5, 5.41) is 37.9. The Kier molecular flexibility index (Phi) is 18.1. The number of fused-ring (bicyclic) bond motifs is 3. The Balaban J connectivity index is 0.000000673. The highest BCUT2D eigenvalue weighted by Gasteiger charge is 2.40. The van der Waals surface area contributed by atoms with Crippen LogP contribution in [0.25, 0.3) is 67.3 Å². The number of aromatic nitrogens is 12. The van der Waals surface area contributed by atoms with Crippen LogP contribution in [0.15, 0.2) is 91.4 Å². The van der Waals surface area contributed by atoms with Gasteiger partial charge in [-0.2, -0.15) is 15.3 Å². The molecule has 3 fully saturated rings. The molecule has 9 aromatic rings. The van der Waals surface area contributed by atoms with Crippen molar-refractivity contribution in [2.24, 2.45) is 34.6 Å². The molecule has 22 heteroatoms. The molecule has 12 rings (SSSR count). The standard InChI is InChI=1S/C22H29FN6.C21H27FN6.C20H25FN6O.9H2/c1-4-22(2,3)20(24)14-7-6-12-29(13-14)17-10-9-16(23)19(26-17)18-15-8-5-11-25-21(15)28-27-18;1-3-21(23,4-2)14-7-6-12-28(13-14)17-10-9-16(22)19(25-17)18-15-8-5-11-24-20(15)27-26-18;1-12(2)20(3,28)16-11-27(10-9-22-16)19-14(21)6-7-15(24-19)17-13-5-4-8-23-18(13)26-25-17;;;;;;;;;/h5,8-11,14,20H,4,6-7,12-13,24H2,1-3H3,(H,25,27,28);5,8-11,14H,3-4,6-7,12-13,23H2,1-2H3,(H,24,26,27);4-8,12,16,22,28H,9-11H2,1-3H3,(H,23,25,26);9*1H. The van der Waals surface area contributed by atoms with Crippen LogP contribution < -0.4 is 31.5 Å². The van der Waals surface area contributed by atoms with Crippen molar-refractivity contribution in [1.29, 1.82) is 0 Å². The summed E-state index contributed by atoms with van der Waals surface area (Å²) >= 11 is 0. The minimum atomic E-state index is -0.905. The van der Waals surface area contributed by atoms with Gasteiger partial charge >= 0.3 is 0 Å². The van der Waals surface area contributed by atoms with Crippen LogP contribution >= 0.6 is 0 Å². The van der Waals surface area contributed by atoms with Gasteiger partial charge in [-0.25, -0.2) is 43.1 Å². The van der Waals surface area contributed by atoms with Gasteiger partial charge in [0.1, 0.15) is 23.0 Å². The maximum atomic E-state index is 14.7. The number of anilines is 3. The maximum Gasteiger partial charge on any atom is 0.181 e. The number of aromatic amines is 3. The summed E-state index contributed by atoms with van der Waals surface area (Å²) in [5.74, 6) is 1.59. The average molecular weight is 1180 g/mol. The second-order valence-corrected chi connectivity index (χ2v) is 24.2. The van der Waals surface area contributed by atoms with E-state index in [1.165, 1.54) is 18.2 Å². The lowest BCUT2D eigenvalue weighted by molar-refractivity contribution is -0.0232. The third-order valence-electron chi connectivity index (χ3n) is 18.5. The summed E-state index contributed by atoms with van der Waals surface area (Å²) in [5.41, 5.74) is 17.1. The number of hydrogen-bond acceptors (Lipinski definition) is 16. The van der Waals surface area contributed by atoms with Gasteiger partial charge in [0, 0.05) is 105 Å². The first-order valence-electron chi connectivity index (χ1n) is 30.0. The normalized spacial score (nSPS) is 19.0. The van der Waals surface area contributed by atoms with E-state index in [2.05, 4.69) is 110 Å². The fourth-order valence-corrected chi connectivity index (χ4v) is 12.1. The fraction of sp³-hybridized carbons (Fsp3) is 0.476. The number of nitrogens with one attached hydrogen (secondary N) is 4. The third-order valence-corrected chi connectivity index (χ3v) is 18.5. The van der Waals surface area contributed by atoms with E-state index in [-0.39, 0.29) is 76.5 Å². The Bertz CT molecular complexity index is 3750. The Morgan fingerprint density at radius 3 is 1.66 bits per heavy atom. The molecular weight excluding hydrogens is 1080 g/mol. The highest BCUT2D eigenvalue weighted by atomic mass is 19.1. The van der Waals surface area contributed by atoms with E-state index in [1.807, 2.05) is 62.1 Å². The number of halogens is 3. The molecule has 12 heterocycles. The van der Waals surface area contributed by atoms with Crippen LogP contribution in [-0.4, -0.2) is 135 Å². The minimum Gasteiger partial charge on any atom is -0.388 e. The molecule has 0 aliphatic carbocycles. The van der Waals surface area contributed by atoms with E-state index in [1.54, 1.807) is 36.8 Å². The Morgan fingerprint density at radius 2 is 1.13 bits per heavy atom. The van der Waals surface area contributed by atoms with Gasteiger partial charge in [0.25, 0.3) is 0 Å². The van der Waals surface area contributed by atoms with E-state index in [4.69, 9.17) is 11.5 Å². The zero-order valence-electron chi connectivity index (χ0n) is 50.0. The topological polar surface area (TPSA) is 257 Å². The predicted octanol–water partition coefficient (Wildman–Crippen LogP) is 12.6. The highest BCUT2D eigenvalue weighted by Crippen LogP contribution is 2.37. The summed E-state index contributed by atoms with van der Waals surface area (Å²) in [6, 6.07) is 20.6. The molecule has 5 unspecified atom stereocenters. The van der Waals surface area contributed by atoms with Gasteiger partial charge < -0.3 is 36.6 Å². The first-order valence-corrected chi connectivity index (χ1v) is 30.0. The van der Waals surface area contributed by atoms with E-state index < -0.39 is 5.60 Å². The lowest BCUT2D eigenvalue weighted by Gasteiger charge is -2.43. The van der Waals surface area contributed by atoms with Crippen LogP contribution in [0, 0.1) is 40.6 Å². The molecule has 0 saturated carbocycles. The van der Waals surface area contributed by atoms with Crippen LogP contribution in [0.2, 0.25) is 0 Å². The maximum absolute atomic E-state index is 14.7. The van der Waals surface area contributed by atoms with Crippen molar-refractivity contribution in [3.63, 3.8) is 0 Å². The number of piperidine rings is 2. The lowest BCUT2D eigenvalue weighted by Crippen LogP contribution is -2.62. The predicted molar refractivity (Wildman–Crippen MR) is 349 cm³/mol. The van der Waals surface area contributed by atoms with Crippen LogP contribution in [0.1, 0.15) is 113 Å². The molecule has 468 valence electrons. The first kappa shape index (κ1) is 60.5.